The van der Waals surface area contributed by atoms with Crippen LogP contribution >= 0.6 is 0 Å². The maximum absolute atomic E-state index is 6.27. The highest BCUT2D eigenvalue weighted by atomic mass is 16.8. The van der Waals surface area contributed by atoms with Crippen LogP contribution in [0, 0.1) is 0 Å². The summed E-state index contributed by atoms with van der Waals surface area (Å²) in [7, 11) is 0. The second-order valence-electron chi connectivity index (χ2n) is 10.4. The zero-order valence-electron chi connectivity index (χ0n) is 20.3. The molecule has 4 aliphatic heterocycles. The number of nitrogens with zero attached hydrogens (tertiary/aromatic N) is 2. The van der Waals surface area contributed by atoms with Crippen molar-refractivity contribution in [3.63, 3.8) is 0 Å². The van der Waals surface area contributed by atoms with Gasteiger partial charge < -0.3 is 28.4 Å². The molecule has 4 aliphatic rings. The lowest BCUT2D eigenvalue weighted by Crippen LogP contribution is -2.47. The highest BCUT2D eigenvalue weighted by Crippen LogP contribution is 2.42. The van der Waals surface area contributed by atoms with Crippen molar-refractivity contribution in [2.24, 2.45) is 0 Å². The summed E-state index contributed by atoms with van der Waals surface area (Å²) in [5.41, 5.74) is 1.37. The monoisotopic (exact) mass is 462 g/mol. The van der Waals surface area contributed by atoms with E-state index >= 15 is 0 Å². The molecule has 0 bridgehead atoms. The predicted octanol–water partition coefficient (Wildman–Crippen LogP) is 2.22. The second-order valence-corrected chi connectivity index (χ2v) is 10.4. The van der Waals surface area contributed by atoms with Crippen LogP contribution in [-0.2, 0) is 35.0 Å². The Balaban J connectivity index is 1.09. The van der Waals surface area contributed by atoms with E-state index in [1.54, 1.807) is 0 Å². The molecule has 0 spiro atoms. The molecule has 0 saturated carbocycles. The lowest BCUT2D eigenvalue weighted by atomic mass is 10.1. The summed E-state index contributed by atoms with van der Waals surface area (Å²) in [6.45, 7) is 14.9. The van der Waals surface area contributed by atoms with Gasteiger partial charge >= 0.3 is 0 Å². The zero-order valence-corrected chi connectivity index (χ0v) is 20.3. The van der Waals surface area contributed by atoms with Crippen LogP contribution in [-0.4, -0.2) is 98.0 Å². The van der Waals surface area contributed by atoms with E-state index < -0.39 is 17.9 Å². The molecular weight excluding hydrogens is 424 g/mol. The molecule has 0 aromatic heterocycles. The SMILES string of the molecule is CC1(C)OCC([C@H]2O[C@H](OCCN3CCN(Cc4ccccc4)CC3)[C@H]3OC(C)(C)O[C@H]32)O1. The summed E-state index contributed by atoms with van der Waals surface area (Å²) in [6.07, 6.45) is -1.43. The Kier molecular flexibility index (Phi) is 6.81. The molecule has 8 nitrogen and oxygen atoms in total. The van der Waals surface area contributed by atoms with E-state index in [0.29, 0.717) is 13.2 Å². The molecular formula is C25H38N2O6. The first-order chi connectivity index (χ1) is 15.8. The van der Waals surface area contributed by atoms with E-state index in [1.165, 1.54) is 5.56 Å². The van der Waals surface area contributed by atoms with Gasteiger partial charge in [0.05, 0.1) is 13.2 Å². The molecule has 0 radical (unpaired) electrons. The van der Waals surface area contributed by atoms with E-state index in [0.717, 1.165) is 39.3 Å². The van der Waals surface area contributed by atoms with Gasteiger partial charge in [0.2, 0.25) is 0 Å². The summed E-state index contributed by atoms with van der Waals surface area (Å²) in [5.74, 6) is -1.27. The molecule has 1 aromatic carbocycles. The standard InChI is InChI=1S/C25H38N2O6/c1-24(2)29-17-19(31-24)20-21-22(33-25(3,4)32-21)23(30-20)28-15-14-26-10-12-27(13-11-26)16-18-8-6-5-7-9-18/h5-9,19-23H,10-17H2,1-4H3/t19?,20-,21+,22+,23+/m1/s1. The zero-order chi connectivity index (χ0) is 23.1. The van der Waals surface area contributed by atoms with E-state index in [9.17, 15) is 0 Å². The molecule has 5 atom stereocenters. The molecule has 4 fully saturated rings. The van der Waals surface area contributed by atoms with Crippen LogP contribution in [0.3, 0.4) is 0 Å². The first-order valence-corrected chi connectivity index (χ1v) is 12.2. The maximum atomic E-state index is 6.27. The van der Waals surface area contributed by atoms with Crippen molar-refractivity contribution >= 4 is 0 Å². The Bertz CT molecular complexity index is 782. The Labute approximate surface area is 197 Å². The van der Waals surface area contributed by atoms with Crippen LogP contribution in [0.5, 0.6) is 0 Å². The summed E-state index contributed by atoms with van der Waals surface area (Å²) in [4.78, 5) is 4.97. The van der Waals surface area contributed by atoms with Crippen molar-refractivity contribution < 1.29 is 28.4 Å². The van der Waals surface area contributed by atoms with Crippen LogP contribution in [0.15, 0.2) is 30.3 Å². The third kappa shape index (κ3) is 5.60. The minimum absolute atomic E-state index is 0.198. The fraction of sp³-hybridized carbons (Fsp3) is 0.760. The fourth-order valence-corrected chi connectivity index (χ4v) is 5.21. The number of hydrogen-bond donors (Lipinski definition) is 0. The van der Waals surface area contributed by atoms with Crippen LogP contribution in [0.4, 0.5) is 0 Å². The predicted molar refractivity (Wildman–Crippen MR) is 122 cm³/mol. The van der Waals surface area contributed by atoms with Gasteiger partial charge in [0.25, 0.3) is 0 Å². The normalized spacial score (nSPS) is 36.3. The molecule has 8 heteroatoms. The third-order valence-corrected chi connectivity index (χ3v) is 6.85. The van der Waals surface area contributed by atoms with Crippen molar-refractivity contribution in [3.8, 4) is 0 Å². The minimum Gasteiger partial charge on any atom is -0.349 e. The van der Waals surface area contributed by atoms with Gasteiger partial charge in [-0.3, -0.25) is 9.80 Å². The first-order valence-electron chi connectivity index (χ1n) is 12.2. The van der Waals surface area contributed by atoms with E-state index in [-0.39, 0.29) is 24.4 Å². The lowest BCUT2D eigenvalue weighted by Gasteiger charge is -2.35. The average Bonchev–Trinajstić information content (AvgIpc) is 3.40. The summed E-state index contributed by atoms with van der Waals surface area (Å²) in [5, 5.41) is 0. The van der Waals surface area contributed by atoms with Crippen molar-refractivity contribution in [1.29, 1.82) is 0 Å². The molecule has 184 valence electrons. The van der Waals surface area contributed by atoms with Crippen LogP contribution in [0.2, 0.25) is 0 Å². The Morgan fingerprint density at radius 2 is 1.55 bits per heavy atom. The maximum Gasteiger partial charge on any atom is 0.187 e. The van der Waals surface area contributed by atoms with E-state index in [2.05, 4.69) is 40.1 Å². The van der Waals surface area contributed by atoms with Gasteiger partial charge in [-0.05, 0) is 33.3 Å². The number of fused-ring (bicyclic) bond motifs is 1. The quantitative estimate of drug-likeness (QED) is 0.611. The van der Waals surface area contributed by atoms with E-state index in [4.69, 9.17) is 28.4 Å². The average molecular weight is 463 g/mol. The van der Waals surface area contributed by atoms with Crippen molar-refractivity contribution in [2.75, 3.05) is 45.9 Å². The lowest BCUT2D eigenvalue weighted by molar-refractivity contribution is -0.248. The molecule has 0 amide bonds. The first kappa shape index (κ1) is 23.6. The molecule has 4 saturated heterocycles. The Morgan fingerprint density at radius 1 is 0.848 bits per heavy atom. The summed E-state index contributed by atoms with van der Waals surface area (Å²) >= 11 is 0. The van der Waals surface area contributed by atoms with Crippen LogP contribution in [0.1, 0.15) is 33.3 Å². The van der Waals surface area contributed by atoms with Gasteiger partial charge in [-0.25, -0.2) is 0 Å². The van der Waals surface area contributed by atoms with E-state index in [1.807, 2.05) is 27.7 Å². The van der Waals surface area contributed by atoms with Crippen LogP contribution < -0.4 is 0 Å². The number of rotatable bonds is 7. The van der Waals surface area contributed by atoms with Crippen LogP contribution in [0.25, 0.3) is 0 Å². The van der Waals surface area contributed by atoms with Crippen molar-refractivity contribution in [2.45, 2.75) is 76.5 Å². The van der Waals surface area contributed by atoms with Crippen molar-refractivity contribution in [3.05, 3.63) is 35.9 Å². The Hall–Kier alpha value is -1.10. The van der Waals surface area contributed by atoms with Gasteiger partial charge in [0.15, 0.2) is 17.9 Å². The summed E-state index contributed by atoms with van der Waals surface area (Å²) < 4.78 is 36.6. The highest BCUT2D eigenvalue weighted by Gasteiger charge is 2.59. The molecule has 1 unspecified atom stereocenters. The smallest absolute Gasteiger partial charge is 0.187 e. The fourth-order valence-electron chi connectivity index (χ4n) is 5.21. The minimum atomic E-state index is -0.664. The summed E-state index contributed by atoms with van der Waals surface area (Å²) in [6, 6.07) is 10.7. The third-order valence-electron chi connectivity index (χ3n) is 6.85. The van der Waals surface area contributed by atoms with Gasteiger partial charge in [-0.2, -0.15) is 0 Å². The van der Waals surface area contributed by atoms with Gasteiger partial charge in [0, 0.05) is 39.3 Å². The topological polar surface area (TPSA) is 61.9 Å². The molecule has 4 heterocycles. The number of ether oxygens (including phenoxy) is 6. The van der Waals surface area contributed by atoms with Crippen molar-refractivity contribution in [1.82, 2.24) is 9.80 Å². The van der Waals surface area contributed by atoms with Gasteiger partial charge in [0.1, 0.15) is 24.4 Å². The number of hydrogen-bond acceptors (Lipinski definition) is 8. The van der Waals surface area contributed by atoms with Gasteiger partial charge in [-0.1, -0.05) is 30.3 Å². The molecule has 1 aromatic rings. The second kappa shape index (κ2) is 9.51. The molecule has 0 N–H and O–H groups in total. The largest absolute Gasteiger partial charge is 0.349 e. The molecule has 0 aliphatic carbocycles. The van der Waals surface area contributed by atoms with Gasteiger partial charge in [-0.15, -0.1) is 0 Å². The Morgan fingerprint density at radius 3 is 2.24 bits per heavy atom. The molecule has 5 rings (SSSR count). The number of piperazine rings is 1. The molecule has 33 heavy (non-hydrogen) atoms. The number of benzene rings is 1. The highest BCUT2D eigenvalue weighted by molar-refractivity contribution is 5.14.